The predicted octanol–water partition coefficient (Wildman–Crippen LogP) is 1.45. The first kappa shape index (κ1) is 8.45. The fraction of sp³-hybridized carbons (Fsp3) is 0.143. The lowest BCUT2D eigenvalue weighted by Crippen LogP contribution is -1.95. The van der Waals surface area contributed by atoms with Crippen LogP contribution in [0.15, 0.2) is 36.6 Å². The summed E-state index contributed by atoms with van der Waals surface area (Å²) in [5.41, 5.74) is 6.33. The summed E-state index contributed by atoms with van der Waals surface area (Å²) in [6.45, 7) is 3.52. The average Bonchev–Trinajstić information content (AvgIpc) is 1.89. The Balaban J connectivity index is 3.67. The van der Waals surface area contributed by atoms with Gasteiger partial charge in [-0.05, 0) is 6.08 Å². The van der Waals surface area contributed by atoms with Gasteiger partial charge in [-0.3, -0.25) is 0 Å². The van der Waals surface area contributed by atoms with Crippen LogP contribution in [0.2, 0.25) is 0 Å². The van der Waals surface area contributed by atoms with Crippen molar-refractivity contribution in [3.63, 3.8) is 0 Å². The Morgan fingerprint density at radius 3 is 2.67 bits per heavy atom. The number of hydrogen-bond donors (Lipinski definition) is 1. The molecule has 0 heterocycles. The monoisotopic (exact) mass is 141 g/mol. The van der Waals surface area contributed by atoms with Gasteiger partial charge in [-0.1, -0.05) is 24.8 Å². The zero-order valence-electron chi connectivity index (χ0n) is 5.38. The summed E-state index contributed by atoms with van der Waals surface area (Å²) >= 11 is 0. The Hall–Kier alpha value is -0.550. The molecule has 0 aromatic rings. The first-order valence-electron chi connectivity index (χ1n) is 2.75. The molecular weight excluding hydrogens is 129 g/mol. The van der Waals surface area contributed by atoms with Crippen molar-refractivity contribution in [3.8, 4) is 0 Å². The summed E-state index contributed by atoms with van der Waals surface area (Å²) in [6, 6.07) is 0. The third-order valence-corrected chi connectivity index (χ3v) is 1.26. The van der Waals surface area contributed by atoms with E-state index in [1.807, 2.05) is 18.2 Å². The molecule has 0 aromatic carbocycles. The highest BCUT2D eigenvalue weighted by molar-refractivity contribution is 7.16. The molecule has 2 heteroatoms. The van der Waals surface area contributed by atoms with E-state index in [-0.39, 0.29) is 0 Å². The molecule has 0 aliphatic carbocycles. The summed E-state index contributed by atoms with van der Waals surface area (Å²) in [7, 11) is 2.55. The molecule has 0 rings (SSSR count). The topological polar surface area (TPSA) is 26.0 Å². The van der Waals surface area contributed by atoms with Gasteiger partial charge < -0.3 is 5.73 Å². The minimum absolute atomic E-state index is 0.821. The van der Waals surface area contributed by atoms with Crippen LogP contribution in [0.1, 0.15) is 0 Å². The second kappa shape index (κ2) is 5.58. The van der Waals surface area contributed by atoms with E-state index in [0.717, 1.165) is 11.9 Å². The van der Waals surface area contributed by atoms with E-state index in [2.05, 4.69) is 15.8 Å². The van der Waals surface area contributed by atoms with Crippen molar-refractivity contribution in [1.82, 2.24) is 0 Å². The highest BCUT2D eigenvalue weighted by atomic mass is 31.0. The van der Waals surface area contributed by atoms with Gasteiger partial charge in [-0.15, -0.1) is 9.24 Å². The van der Waals surface area contributed by atoms with Crippen molar-refractivity contribution >= 4 is 9.24 Å². The average molecular weight is 141 g/mol. The van der Waals surface area contributed by atoms with Crippen molar-refractivity contribution in [2.45, 2.75) is 0 Å². The lowest BCUT2D eigenvalue weighted by atomic mass is 10.4. The molecule has 0 amide bonds. The first-order valence-corrected chi connectivity index (χ1v) is 3.56. The highest BCUT2D eigenvalue weighted by Gasteiger charge is 1.76. The molecule has 0 bridgehead atoms. The molecule has 50 valence electrons. The largest absolute Gasteiger partial charge is 0.402 e. The fourth-order valence-electron chi connectivity index (χ4n) is 0.326. The van der Waals surface area contributed by atoms with Crippen LogP contribution in [-0.2, 0) is 0 Å². The van der Waals surface area contributed by atoms with Crippen LogP contribution in [0.25, 0.3) is 0 Å². The van der Waals surface area contributed by atoms with E-state index in [9.17, 15) is 0 Å². The molecule has 1 atom stereocenters. The van der Waals surface area contributed by atoms with Gasteiger partial charge in [0.25, 0.3) is 0 Å². The van der Waals surface area contributed by atoms with Crippen LogP contribution in [0.4, 0.5) is 0 Å². The van der Waals surface area contributed by atoms with Gasteiger partial charge in [0.1, 0.15) is 0 Å². The Kier molecular flexibility index (Phi) is 5.24. The van der Waals surface area contributed by atoms with Crippen LogP contribution in [-0.4, -0.2) is 6.16 Å². The SMILES string of the molecule is C=C/C=C\C=C(/N)CP. The summed E-state index contributed by atoms with van der Waals surface area (Å²) < 4.78 is 0. The van der Waals surface area contributed by atoms with E-state index < -0.39 is 0 Å². The molecule has 0 fully saturated rings. The van der Waals surface area contributed by atoms with Gasteiger partial charge in [0.05, 0.1) is 0 Å². The van der Waals surface area contributed by atoms with Crippen molar-refractivity contribution in [2.24, 2.45) is 5.73 Å². The molecule has 9 heavy (non-hydrogen) atoms. The standard InChI is InChI=1S/C7H12NP/c1-2-3-4-5-7(8)6-9/h2-5H,1,6,8-9H2/b4-3-,7-5-. The van der Waals surface area contributed by atoms with Gasteiger partial charge in [0.15, 0.2) is 0 Å². The minimum Gasteiger partial charge on any atom is -0.402 e. The van der Waals surface area contributed by atoms with Crippen LogP contribution in [0, 0.1) is 0 Å². The predicted molar refractivity (Wildman–Crippen MR) is 46.2 cm³/mol. The van der Waals surface area contributed by atoms with Crippen LogP contribution in [0.5, 0.6) is 0 Å². The van der Waals surface area contributed by atoms with Crippen molar-refractivity contribution in [2.75, 3.05) is 6.16 Å². The summed E-state index contributed by atoms with van der Waals surface area (Å²) in [6.07, 6.45) is 8.10. The van der Waals surface area contributed by atoms with Gasteiger partial charge in [0.2, 0.25) is 0 Å². The second-order valence-corrected chi connectivity index (χ2v) is 1.97. The van der Waals surface area contributed by atoms with Gasteiger partial charge in [-0.25, -0.2) is 0 Å². The van der Waals surface area contributed by atoms with E-state index in [1.165, 1.54) is 0 Å². The summed E-state index contributed by atoms with van der Waals surface area (Å²) in [5, 5.41) is 0. The lowest BCUT2D eigenvalue weighted by molar-refractivity contribution is 1.33. The summed E-state index contributed by atoms with van der Waals surface area (Å²) in [4.78, 5) is 0. The van der Waals surface area contributed by atoms with Crippen LogP contribution >= 0.6 is 9.24 Å². The highest BCUT2D eigenvalue weighted by Crippen LogP contribution is 1.90. The minimum atomic E-state index is 0.821. The molecule has 0 radical (unpaired) electrons. The number of rotatable bonds is 3. The smallest absolute Gasteiger partial charge is 0.0119 e. The number of hydrogen-bond acceptors (Lipinski definition) is 1. The molecular formula is C7H12NP. The number of allylic oxidation sites excluding steroid dienone is 5. The van der Waals surface area contributed by atoms with E-state index in [0.29, 0.717) is 0 Å². The third-order valence-electron chi connectivity index (χ3n) is 0.793. The molecule has 0 aliphatic heterocycles. The second-order valence-electron chi connectivity index (χ2n) is 1.57. The maximum Gasteiger partial charge on any atom is 0.0119 e. The molecule has 0 spiro atoms. The Bertz CT molecular complexity index is 136. The van der Waals surface area contributed by atoms with Gasteiger partial charge in [-0.2, -0.15) is 0 Å². The van der Waals surface area contributed by atoms with Crippen LogP contribution < -0.4 is 5.73 Å². The molecule has 0 saturated carbocycles. The molecule has 2 N–H and O–H groups in total. The molecule has 1 unspecified atom stereocenters. The molecule has 0 aliphatic rings. The lowest BCUT2D eigenvalue weighted by Gasteiger charge is -1.88. The maximum atomic E-state index is 5.47. The molecule has 0 saturated heterocycles. The van der Waals surface area contributed by atoms with Crippen molar-refractivity contribution < 1.29 is 0 Å². The number of nitrogens with two attached hydrogens (primary N) is 1. The quantitative estimate of drug-likeness (QED) is 0.467. The first-order chi connectivity index (χ1) is 4.31. The van der Waals surface area contributed by atoms with Gasteiger partial charge in [0, 0.05) is 11.9 Å². The Morgan fingerprint density at radius 1 is 1.56 bits per heavy atom. The zero-order chi connectivity index (χ0) is 7.11. The van der Waals surface area contributed by atoms with E-state index in [1.54, 1.807) is 6.08 Å². The zero-order valence-corrected chi connectivity index (χ0v) is 6.53. The van der Waals surface area contributed by atoms with Crippen molar-refractivity contribution in [3.05, 3.63) is 36.6 Å². The van der Waals surface area contributed by atoms with Gasteiger partial charge >= 0.3 is 0 Å². The molecule has 1 nitrogen and oxygen atoms in total. The van der Waals surface area contributed by atoms with E-state index >= 15 is 0 Å². The van der Waals surface area contributed by atoms with Crippen molar-refractivity contribution in [1.29, 1.82) is 0 Å². The Labute approximate surface area is 58.5 Å². The van der Waals surface area contributed by atoms with Crippen LogP contribution in [0.3, 0.4) is 0 Å². The summed E-state index contributed by atoms with van der Waals surface area (Å²) in [5.74, 6) is 0. The molecule has 0 aromatic heterocycles. The normalized spacial score (nSPS) is 12.3. The third kappa shape index (κ3) is 5.32. The van der Waals surface area contributed by atoms with E-state index in [4.69, 9.17) is 5.73 Å². The fourth-order valence-corrected chi connectivity index (χ4v) is 0.462. The Morgan fingerprint density at radius 2 is 2.22 bits per heavy atom. The maximum absolute atomic E-state index is 5.47.